The first kappa shape index (κ1) is 20.9. The first-order valence-electron chi connectivity index (χ1n) is 10.9. The Morgan fingerprint density at radius 2 is 1.80 bits per heavy atom. The van der Waals surface area contributed by atoms with Crippen LogP contribution in [0.2, 0.25) is 0 Å². The minimum Gasteiger partial charge on any atom is -0.481 e. The molecule has 4 rings (SSSR count). The van der Waals surface area contributed by atoms with Crippen molar-refractivity contribution in [3.05, 3.63) is 45.3 Å². The SMILES string of the molecule is CCC(Oc1ccc2c(c1)CCCC2)C(=O)Nc1sc2c(c1C(=O)OC)CCCC2. The number of esters is 1. The van der Waals surface area contributed by atoms with Crippen molar-refractivity contribution in [1.29, 1.82) is 0 Å². The molecule has 1 N–H and O–H groups in total. The van der Waals surface area contributed by atoms with E-state index in [4.69, 9.17) is 9.47 Å². The van der Waals surface area contributed by atoms with Crippen LogP contribution in [0.3, 0.4) is 0 Å². The highest BCUT2D eigenvalue weighted by Gasteiger charge is 2.29. The molecule has 0 saturated carbocycles. The Morgan fingerprint density at radius 1 is 1.07 bits per heavy atom. The maximum Gasteiger partial charge on any atom is 0.341 e. The lowest BCUT2D eigenvalue weighted by Gasteiger charge is -2.20. The molecule has 0 radical (unpaired) electrons. The Hall–Kier alpha value is -2.34. The number of anilines is 1. The predicted molar refractivity (Wildman–Crippen MR) is 119 cm³/mol. The number of benzene rings is 1. The van der Waals surface area contributed by atoms with E-state index in [9.17, 15) is 9.59 Å². The van der Waals surface area contributed by atoms with Gasteiger partial charge in [0.15, 0.2) is 6.10 Å². The molecule has 2 aliphatic rings. The Bertz CT molecular complexity index is 949. The summed E-state index contributed by atoms with van der Waals surface area (Å²) in [6.07, 6.45) is 8.52. The molecule has 0 aliphatic heterocycles. The molecule has 2 aromatic rings. The van der Waals surface area contributed by atoms with Crippen LogP contribution >= 0.6 is 11.3 Å². The summed E-state index contributed by atoms with van der Waals surface area (Å²) in [4.78, 5) is 26.6. The van der Waals surface area contributed by atoms with Crippen LogP contribution in [-0.4, -0.2) is 25.1 Å². The van der Waals surface area contributed by atoms with Crippen LogP contribution in [0, 0.1) is 0 Å². The van der Waals surface area contributed by atoms with Gasteiger partial charge in [-0.15, -0.1) is 11.3 Å². The zero-order chi connectivity index (χ0) is 21.1. The summed E-state index contributed by atoms with van der Waals surface area (Å²) < 4.78 is 11.1. The molecule has 1 atom stereocenters. The summed E-state index contributed by atoms with van der Waals surface area (Å²) in [6.45, 7) is 1.93. The van der Waals surface area contributed by atoms with Gasteiger partial charge in [-0.25, -0.2) is 4.79 Å². The molecule has 1 unspecified atom stereocenters. The van der Waals surface area contributed by atoms with Gasteiger partial charge in [0.2, 0.25) is 0 Å². The maximum absolute atomic E-state index is 13.0. The first-order valence-corrected chi connectivity index (χ1v) is 11.7. The van der Waals surface area contributed by atoms with E-state index in [-0.39, 0.29) is 11.9 Å². The summed E-state index contributed by atoms with van der Waals surface area (Å²) in [6, 6.07) is 6.16. The lowest BCUT2D eigenvalue weighted by molar-refractivity contribution is -0.122. The monoisotopic (exact) mass is 427 g/mol. The average Bonchev–Trinajstić information content (AvgIpc) is 3.14. The fraction of sp³-hybridized carbons (Fsp3) is 0.500. The fourth-order valence-electron chi connectivity index (χ4n) is 4.43. The van der Waals surface area contributed by atoms with Crippen LogP contribution in [0.25, 0.3) is 0 Å². The molecule has 0 saturated heterocycles. The van der Waals surface area contributed by atoms with E-state index >= 15 is 0 Å². The Kier molecular flexibility index (Phi) is 6.42. The highest BCUT2D eigenvalue weighted by molar-refractivity contribution is 7.17. The number of amides is 1. The molecule has 2 aliphatic carbocycles. The number of hydrogen-bond acceptors (Lipinski definition) is 5. The molecule has 0 spiro atoms. The van der Waals surface area contributed by atoms with Gasteiger partial charge in [0.1, 0.15) is 10.8 Å². The molecule has 5 nitrogen and oxygen atoms in total. The summed E-state index contributed by atoms with van der Waals surface area (Å²) in [5, 5.41) is 3.56. The van der Waals surface area contributed by atoms with Crippen molar-refractivity contribution in [2.24, 2.45) is 0 Å². The molecule has 1 aromatic carbocycles. The topological polar surface area (TPSA) is 64.6 Å². The number of ether oxygens (including phenoxy) is 2. The minimum atomic E-state index is -0.615. The quantitative estimate of drug-likeness (QED) is 0.652. The van der Waals surface area contributed by atoms with Crippen molar-refractivity contribution in [3.63, 3.8) is 0 Å². The van der Waals surface area contributed by atoms with Crippen LogP contribution in [-0.2, 0) is 35.2 Å². The van der Waals surface area contributed by atoms with Gasteiger partial charge in [-0.2, -0.15) is 0 Å². The zero-order valence-corrected chi connectivity index (χ0v) is 18.5. The molecule has 1 amide bonds. The third kappa shape index (κ3) is 4.24. The van der Waals surface area contributed by atoms with E-state index in [2.05, 4.69) is 17.4 Å². The van der Waals surface area contributed by atoms with Crippen molar-refractivity contribution in [2.75, 3.05) is 12.4 Å². The van der Waals surface area contributed by atoms with E-state index in [1.54, 1.807) is 0 Å². The van der Waals surface area contributed by atoms with Crippen LogP contribution in [0.15, 0.2) is 18.2 Å². The number of carbonyl (C=O) groups is 2. The van der Waals surface area contributed by atoms with Crippen molar-refractivity contribution in [3.8, 4) is 5.75 Å². The second kappa shape index (κ2) is 9.21. The largest absolute Gasteiger partial charge is 0.481 e. The highest BCUT2D eigenvalue weighted by Crippen LogP contribution is 2.38. The fourth-order valence-corrected chi connectivity index (χ4v) is 5.71. The molecule has 6 heteroatoms. The van der Waals surface area contributed by atoms with Gasteiger partial charge >= 0.3 is 5.97 Å². The van der Waals surface area contributed by atoms with Gasteiger partial charge in [-0.05, 0) is 86.6 Å². The number of thiophene rings is 1. The smallest absolute Gasteiger partial charge is 0.341 e. The van der Waals surface area contributed by atoms with Crippen LogP contribution < -0.4 is 10.1 Å². The molecule has 1 aromatic heterocycles. The van der Waals surface area contributed by atoms with Crippen molar-refractivity contribution in [2.45, 2.75) is 70.8 Å². The first-order chi connectivity index (χ1) is 14.6. The van der Waals surface area contributed by atoms with Gasteiger partial charge in [-0.3, -0.25) is 4.79 Å². The number of fused-ring (bicyclic) bond motifs is 2. The van der Waals surface area contributed by atoms with Gasteiger partial charge < -0.3 is 14.8 Å². The molecular weight excluding hydrogens is 398 g/mol. The number of methoxy groups -OCH3 is 1. The molecule has 160 valence electrons. The molecular formula is C24H29NO4S. The van der Waals surface area contributed by atoms with Crippen molar-refractivity contribution >= 4 is 28.2 Å². The lowest BCUT2D eigenvalue weighted by Crippen LogP contribution is -2.32. The zero-order valence-electron chi connectivity index (χ0n) is 17.7. The number of nitrogens with one attached hydrogen (secondary N) is 1. The van der Waals surface area contributed by atoms with Crippen molar-refractivity contribution in [1.82, 2.24) is 0 Å². The molecule has 0 bridgehead atoms. The van der Waals surface area contributed by atoms with Crippen LogP contribution in [0.1, 0.15) is 71.0 Å². The Morgan fingerprint density at radius 3 is 2.57 bits per heavy atom. The van der Waals surface area contributed by atoms with E-state index in [1.807, 2.05) is 13.0 Å². The number of rotatable bonds is 6. The van der Waals surface area contributed by atoms with Crippen LogP contribution in [0.5, 0.6) is 5.75 Å². The molecule has 30 heavy (non-hydrogen) atoms. The standard InChI is InChI=1S/C24H29NO4S/c1-3-19(29-17-13-12-15-8-4-5-9-16(15)14-17)22(26)25-23-21(24(27)28-2)18-10-6-7-11-20(18)30-23/h12-14,19H,3-11H2,1-2H3,(H,25,26). The van der Waals surface area contributed by atoms with E-state index in [0.29, 0.717) is 17.0 Å². The summed E-state index contributed by atoms with van der Waals surface area (Å²) in [5.74, 6) is 0.128. The second-order valence-electron chi connectivity index (χ2n) is 8.05. The normalized spacial score (nSPS) is 16.2. The summed E-state index contributed by atoms with van der Waals surface area (Å²) >= 11 is 1.50. The third-order valence-electron chi connectivity index (χ3n) is 6.06. The van der Waals surface area contributed by atoms with E-state index in [1.165, 1.54) is 47.3 Å². The summed E-state index contributed by atoms with van der Waals surface area (Å²) in [7, 11) is 1.38. The lowest BCUT2D eigenvalue weighted by atomic mass is 9.92. The number of hydrogen-bond donors (Lipinski definition) is 1. The van der Waals surface area contributed by atoms with Crippen molar-refractivity contribution < 1.29 is 19.1 Å². The molecule has 0 fully saturated rings. The number of aryl methyl sites for hydroxylation is 3. The summed E-state index contributed by atoms with van der Waals surface area (Å²) in [5.41, 5.74) is 4.28. The van der Waals surface area contributed by atoms with E-state index < -0.39 is 6.10 Å². The third-order valence-corrected chi connectivity index (χ3v) is 7.27. The second-order valence-corrected chi connectivity index (χ2v) is 9.15. The maximum atomic E-state index is 13.0. The van der Waals surface area contributed by atoms with Gasteiger partial charge in [0.25, 0.3) is 5.91 Å². The minimum absolute atomic E-state index is 0.223. The Balaban J connectivity index is 1.52. The van der Waals surface area contributed by atoms with Gasteiger partial charge in [0.05, 0.1) is 12.7 Å². The average molecular weight is 428 g/mol. The number of carbonyl (C=O) groups excluding carboxylic acids is 2. The van der Waals surface area contributed by atoms with Gasteiger partial charge in [0, 0.05) is 4.88 Å². The van der Waals surface area contributed by atoms with Gasteiger partial charge in [-0.1, -0.05) is 13.0 Å². The van der Waals surface area contributed by atoms with E-state index in [0.717, 1.165) is 49.8 Å². The van der Waals surface area contributed by atoms with Crippen LogP contribution in [0.4, 0.5) is 5.00 Å². The molecule has 1 heterocycles. The highest BCUT2D eigenvalue weighted by atomic mass is 32.1. The Labute approximate surface area is 181 Å². The predicted octanol–water partition coefficient (Wildman–Crippen LogP) is 5.09.